The molecule has 0 atom stereocenters. The van der Waals surface area contributed by atoms with Crippen LogP contribution in [0.25, 0.3) is 0 Å². The van der Waals surface area contributed by atoms with Crippen molar-refractivity contribution in [1.82, 2.24) is 4.57 Å². The number of ketones is 1. The zero-order valence-corrected chi connectivity index (χ0v) is 8.27. The zero-order chi connectivity index (χ0) is 11.4. The van der Waals surface area contributed by atoms with Crippen LogP contribution in [0.2, 0.25) is 0 Å². The lowest BCUT2D eigenvalue weighted by Gasteiger charge is -2.04. The quantitative estimate of drug-likeness (QED) is 0.522. The normalized spacial score (nSPS) is 9.93. The van der Waals surface area contributed by atoms with Crippen molar-refractivity contribution in [2.45, 2.75) is 6.54 Å². The first-order valence-electron chi connectivity index (χ1n) is 4.45. The summed E-state index contributed by atoms with van der Waals surface area (Å²) < 4.78 is 1.57. The van der Waals surface area contributed by atoms with E-state index in [1.807, 2.05) is 0 Å². The molecular weight excluding hydrogens is 194 g/mol. The van der Waals surface area contributed by atoms with Crippen molar-refractivity contribution < 1.29 is 9.59 Å². The van der Waals surface area contributed by atoms with Gasteiger partial charge < -0.3 is 16.0 Å². The summed E-state index contributed by atoms with van der Waals surface area (Å²) in [6.07, 6.45) is 3.23. The lowest BCUT2D eigenvalue weighted by Crippen LogP contribution is -2.22. The summed E-state index contributed by atoms with van der Waals surface area (Å²) in [4.78, 5) is 22.6. The van der Waals surface area contributed by atoms with Gasteiger partial charge in [0.15, 0.2) is 5.78 Å². The highest BCUT2D eigenvalue weighted by atomic mass is 16.1. The average molecular weight is 207 g/mol. The second kappa shape index (κ2) is 4.56. The summed E-state index contributed by atoms with van der Waals surface area (Å²) in [5, 5.41) is 0. The number of carbonyl (C=O) groups excluding carboxylic acids is 2. The molecule has 1 heterocycles. The molecule has 1 aromatic heterocycles. The number of hydrogen-bond acceptors (Lipinski definition) is 3. The Bertz CT molecular complexity index is 407. The lowest BCUT2D eigenvalue weighted by molar-refractivity contribution is 0.0962. The Hall–Kier alpha value is -1.88. The predicted molar refractivity (Wildman–Crippen MR) is 56.5 cm³/mol. The molecule has 0 saturated carbocycles. The number of primary amides is 1. The molecule has 5 nitrogen and oxygen atoms in total. The second-order valence-corrected chi connectivity index (χ2v) is 3.01. The molecule has 4 N–H and O–H groups in total. The summed E-state index contributed by atoms with van der Waals surface area (Å²) in [6, 6.07) is 1.54. The van der Waals surface area contributed by atoms with Crippen LogP contribution in [0.5, 0.6) is 0 Å². The van der Waals surface area contributed by atoms with Gasteiger partial charge in [-0.3, -0.25) is 9.59 Å². The van der Waals surface area contributed by atoms with Crippen LogP contribution in [0.1, 0.15) is 20.8 Å². The molecule has 1 aromatic rings. The van der Waals surface area contributed by atoms with Crippen LogP contribution in [0.4, 0.5) is 0 Å². The number of aromatic nitrogens is 1. The molecule has 0 aliphatic heterocycles. The van der Waals surface area contributed by atoms with Gasteiger partial charge in [0.1, 0.15) is 5.69 Å². The van der Waals surface area contributed by atoms with Crippen LogP contribution in [-0.2, 0) is 6.54 Å². The predicted octanol–water partition coefficient (Wildman–Crippen LogP) is -0.0856. The van der Waals surface area contributed by atoms with Crippen molar-refractivity contribution in [2.75, 3.05) is 6.54 Å². The largest absolute Gasteiger partial charge is 0.364 e. The van der Waals surface area contributed by atoms with Crippen LogP contribution in [0.3, 0.4) is 0 Å². The van der Waals surface area contributed by atoms with Crippen molar-refractivity contribution >= 4 is 11.7 Å². The van der Waals surface area contributed by atoms with Gasteiger partial charge in [0.05, 0.1) is 6.54 Å². The van der Waals surface area contributed by atoms with E-state index in [0.717, 1.165) is 0 Å². The third-order valence-electron chi connectivity index (χ3n) is 2.01. The van der Waals surface area contributed by atoms with Gasteiger partial charge in [-0.15, -0.1) is 6.58 Å². The number of nitrogens with two attached hydrogens (primary N) is 2. The summed E-state index contributed by atoms with van der Waals surface area (Å²) in [7, 11) is 0. The molecule has 15 heavy (non-hydrogen) atoms. The smallest absolute Gasteiger partial charge is 0.266 e. The van der Waals surface area contributed by atoms with Crippen molar-refractivity contribution in [3.8, 4) is 0 Å². The van der Waals surface area contributed by atoms with E-state index in [1.54, 1.807) is 22.9 Å². The van der Waals surface area contributed by atoms with Gasteiger partial charge in [0, 0.05) is 18.3 Å². The minimum Gasteiger partial charge on any atom is -0.364 e. The van der Waals surface area contributed by atoms with E-state index >= 15 is 0 Å². The third kappa shape index (κ3) is 2.13. The second-order valence-electron chi connectivity index (χ2n) is 3.01. The molecule has 0 radical (unpaired) electrons. The molecule has 0 unspecified atom stereocenters. The molecule has 0 spiro atoms. The Morgan fingerprint density at radius 2 is 2.20 bits per heavy atom. The minimum atomic E-state index is -0.640. The van der Waals surface area contributed by atoms with Crippen molar-refractivity contribution in [2.24, 2.45) is 11.5 Å². The van der Waals surface area contributed by atoms with E-state index in [0.29, 0.717) is 6.54 Å². The summed E-state index contributed by atoms with van der Waals surface area (Å²) >= 11 is 0. The molecule has 5 heteroatoms. The number of nitrogens with zero attached hydrogens (tertiary/aromatic N) is 1. The van der Waals surface area contributed by atoms with Crippen molar-refractivity contribution in [3.63, 3.8) is 0 Å². The van der Waals surface area contributed by atoms with Gasteiger partial charge >= 0.3 is 0 Å². The van der Waals surface area contributed by atoms with Crippen LogP contribution in [0.15, 0.2) is 24.9 Å². The third-order valence-corrected chi connectivity index (χ3v) is 2.01. The minimum absolute atomic E-state index is 0.140. The van der Waals surface area contributed by atoms with Crippen LogP contribution in [0, 0.1) is 0 Å². The highest BCUT2D eigenvalue weighted by Gasteiger charge is 2.18. The molecule has 0 saturated heterocycles. The lowest BCUT2D eigenvalue weighted by atomic mass is 10.1. The average Bonchev–Trinajstić information content (AvgIpc) is 2.61. The number of rotatable bonds is 5. The van der Waals surface area contributed by atoms with E-state index in [2.05, 4.69) is 6.58 Å². The monoisotopic (exact) mass is 207 g/mol. The maximum absolute atomic E-state index is 11.4. The van der Waals surface area contributed by atoms with Crippen molar-refractivity contribution in [3.05, 3.63) is 36.2 Å². The van der Waals surface area contributed by atoms with Crippen LogP contribution < -0.4 is 11.5 Å². The Kier molecular flexibility index (Phi) is 3.41. The Morgan fingerprint density at radius 1 is 1.53 bits per heavy atom. The molecule has 0 aliphatic rings. The fourth-order valence-corrected chi connectivity index (χ4v) is 1.37. The maximum atomic E-state index is 11.4. The fourth-order valence-electron chi connectivity index (χ4n) is 1.37. The highest BCUT2D eigenvalue weighted by Crippen LogP contribution is 2.11. The van der Waals surface area contributed by atoms with Crippen LogP contribution in [-0.4, -0.2) is 22.8 Å². The molecule has 1 rings (SSSR count). The first-order chi connectivity index (χ1) is 7.11. The summed E-state index contributed by atoms with van der Waals surface area (Å²) in [6.45, 7) is 3.83. The first kappa shape index (κ1) is 11.2. The highest BCUT2D eigenvalue weighted by molar-refractivity contribution is 6.07. The molecule has 0 aromatic carbocycles. The molecular formula is C10H13N3O2. The number of hydrogen-bond donors (Lipinski definition) is 2. The topological polar surface area (TPSA) is 91.1 Å². The Labute approximate surface area is 87.4 Å². The van der Waals surface area contributed by atoms with Gasteiger partial charge in [0.25, 0.3) is 5.91 Å². The van der Waals surface area contributed by atoms with E-state index in [9.17, 15) is 9.59 Å². The van der Waals surface area contributed by atoms with Gasteiger partial charge in [-0.05, 0) is 6.07 Å². The van der Waals surface area contributed by atoms with Crippen molar-refractivity contribution in [1.29, 1.82) is 0 Å². The number of carbonyl (C=O) groups is 2. The van der Waals surface area contributed by atoms with Gasteiger partial charge in [-0.1, -0.05) is 6.08 Å². The van der Waals surface area contributed by atoms with E-state index in [1.165, 1.54) is 0 Å². The standard InChI is InChI=1S/C10H13N3O2/c1-2-4-13-5-3-7(8(14)6-11)9(13)10(12)15/h2-3,5H,1,4,6,11H2,(H2,12,15). The molecule has 0 aliphatic carbocycles. The zero-order valence-electron chi connectivity index (χ0n) is 8.27. The molecule has 0 bridgehead atoms. The first-order valence-corrected chi connectivity index (χ1v) is 4.45. The van der Waals surface area contributed by atoms with Gasteiger partial charge in [-0.2, -0.15) is 0 Å². The van der Waals surface area contributed by atoms with E-state index in [4.69, 9.17) is 11.5 Å². The SMILES string of the molecule is C=CCn1ccc(C(=O)CN)c1C(N)=O. The van der Waals surface area contributed by atoms with E-state index < -0.39 is 5.91 Å². The maximum Gasteiger partial charge on any atom is 0.266 e. The van der Waals surface area contributed by atoms with Gasteiger partial charge in [-0.25, -0.2) is 0 Å². The van der Waals surface area contributed by atoms with Crippen LogP contribution >= 0.6 is 0 Å². The van der Waals surface area contributed by atoms with E-state index in [-0.39, 0.29) is 23.6 Å². The number of Topliss-reactive ketones (excluding diaryl/α,β-unsaturated/α-hetero) is 1. The number of amides is 1. The fraction of sp³-hybridized carbons (Fsp3) is 0.200. The molecule has 1 amide bonds. The molecule has 0 fully saturated rings. The Balaban J connectivity index is 3.23. The summed E-state index contributed by atoms with van der Waals surface area (Å²) in [5.41, 5.74) is 10.9. The number of allylic oxidation sites excluding steroid dienone is 1. The summed E-state index contributed by atoms with van der Waals surface area (Å²) in [5.74, 6) is -0.940. The molecule has 80 valence electrons. The van der Waals surface area contributed by atoms with Gasteiger partial charge in [0.2, 0.25) is 0 Å². The Morgan fingerprint density at radius 3 is 2.67 bits per heavy atom.